The molecule has 1 amide bonds. The van der Waals surface area contributed by atoms with Crippen LogP contribution in [0.2, 0.25) is 0 Å². The molecule has 0 unspecified atom stereocenters. The number of methoxy groups -OCH3 is 3. The van der Waals surface area contributed by atoms with Gasteiger partial charge in [-0.3, -0.25) is 4.79 Å². The molecule has 32 heavy (non-hydrogen) atoms. The number of rotatable bonds is 8. The maximum Gasteiger partial charge on any atom is 0.277 e. The Bertz CT molecular complexity index is 1040. The minimum atomic E-state index is -0.456. The Morgan fingerprint density at radius 3 is 2.25 bits per heavy atom. The van der Waals surface area contributed by atoms with Crippen molar-refractivity contribution in [3.05, 3.63) is 48.0 Å². The summed E-state index contributed by atoms with van der Waals surface area (Å²) in [4.78, 5) is 15.1. The largest absolute Gasteiger partial charge is 0.493 e. The third-order valence-corrected chi connectivity index (χ3v) is 6.36. The summed E-state index contributed by atoms with van der Waals surface area (Å²) in [5.74, 6) is 1.81. The van der Waals surface area contributed by atoms with Gasteiger partial charge in [-0.05, 0) is 42.3 Å². The molecule has 168 valence electrons. The lowest BCUT2D eigenvalue weighted by Gasteiger charge is -2.22. The van der Waals surface area contributed by atoms with E-state index in [0.717, 1.165) is 31.5 Å². The highest BCUT2D eigenvalue weighted by atomic mass is 32.2. The maximum absolute atomic E-state index is 13.2. The lowest BCUT2D eigenvalue weighted by molar-refractivity contribution is -0.129. The summed E-state index contributed by atoms with van der Waals surface area (Å²) in [7, 11) is 4.64. The molecule has 1 saturated heterocycles. The molecule has 0 saturated carbocycles. The van der Waals surface area contributed by atoms with Crippen molar-refractivity contribution in [1.82, 2.24) is 15.1 Å². The molecule has 3 aromatic rings. The third kappa shape index (κ3) is 4.52. The van der Waals surface area contributed by atoms with Gasteiger partial charge in [-0.15, -0.1) is 10.2 Å². The second-order valence-electron chi connectivity index (χ2n) is 7.23. The van der Waals surface area contributed by atoms with Gasteiger partial charge < -0.3 is 23.5 Å². The van der Waals surface area contributed by atoms with Crippen molar-refractivity contribution in [3.8, 4) is 28.7 Å². The first kappa shape index (κ1) is 22.0. The fourth-order valence-corrected chi connectivity index (χ4v) is 4.63. The average Bonchev–Trinajstić information content (AvgIpc) is 3.54. The van der Waals surface area contributed by atoms with Gasteiger partial charge >= 0.3 is 0 Å². The van der Waals surface area contributed by atoms with E-state index < -0.39 is 5.25 Å². The molecule has 4 rings (SSSR count). The molecular weight excluding hydrogens is 430 g/mol. The van der Waals surface area contributed by atoms with Gasteiger partial charge in [0.2, 0.25) is 17.5 Å². The van der Waals surface area contributed by atoms with E-state index in [4.69, 9.17) is 18.6 Å². The summed E-state index contributed by atoms with van der Waals surface area (Å²) < 4.78 is 22.1. The molecule has 0 spiro atoms. The minimum Gasteiger partial charge on any atom is -0.493 e. The summed E-state index contributed by atoms with van der Waals surface area (Å²) in [6.45, 7) is 1.56. The fraction of sp³-hybridized carbons (Fsp3) is 0.348. The Kier molecular flexibility index (Phi) is 6.84. The van der Waals surface area contributed by atoms with Crippen LogP contribution < -0.4 is 14.2 Å². The molecule has 1 aromatic heterocycles. The first-order valence-corrected chi connectivity index (χ1v) is 11.2. The van der Waals surface area contributed by atoms with Crippen molar-refractivity contribution in [3.63, 3.8) is 0 Å². The molecule has 0 N–H and O–H groups in total. The van der Waals surface area contributed by atoms with Crippen molar-refractivity contribution in [2.75, 3.05) is 34.4 Å². The number of likely N-dealkylation sites (tertiary alicyclic amines) is 1. The van der Waals surface area contributed by atoms with Crippen LogP contribution in [0.1, 0.15) is 23.7 Å². The lowest BCUT2D eigenvalue weighted by Crippen LogP contribution is -2.31. The zero-order valence-corrected chi connectivity index (χ0v) is 19.1. The van der Waals surface area contributed by atoms with Crippen LogP contribution in [0.3, 0.4) is 0 Å². The van der Waals surface area contributed by atoms with Crippen molar-refractivity contribution < 1.29 is 23.4 Å². The number of amides is 1. The number of carbonyl (C=O) groups is 1. The summed E-state index contributed by atoms with van der Waals surface area (Å²) in [6, 6.07) is 13.2. The quantitative estimate of drug-likeness (QED) is 0.467. The Balaban J connectivity index is 1.62. The highest BCUT2D eigenvalue weighted by Gasteiger charge is 2.30. The van der Waals surface area contributed by atoms with Crippen LogP contribution in [-0.2, 0) is 4.79 Å². The highest BCUT2D eigenvalue weighted by molar-refractivity contribution is 8.00. The standard InChI is InChI=1S/C23H25N3O5S/c1-28-17-13-16(14-18(29-2)19(17)30-3)21-24-25-23(31-21)32-20(15-9-5-4-6-10-15)22(27)26-11-7-8-12-26/h4-6,9-10,13-14,20H,7-8,11-12H2,1-3H3/t20-/m1/s1. The number of aromatic nitrogens is 2. The van der Waals surface area contributed by atoms with E-state index in [2.05, 4.69) is 10.2 Å². The number of ether oxygens (including phenoxy) is 3. The predicted molar refractivity (Wildman–Crippen MR) is 120 cm³/mol. The van der Waals surface area contributed by atoms with Crippen molar-refractivity contribution in [2.24, 2.45) is 0 Å². The van der Waals surface area contributed by atoms with E-state index in [9.17, 15) is 4.79 Å². The second kappa shape index (κ2) is 9.95. The molecule has 2 heterocycles. The smallest absolute Gasteiger partial charge is 0.277 e. The van der Waals surface area contributed by atoms with E-state index in [1.807, 2.05) is 35.2 Å². The van der Waals surface area contributed by atoms with E-state index >= 15 is 0 Å². The lowest BCUT2D eigenvalue weighted by atomic mass is 10.1. The van der Waals surface area contributed by atoms with E-state index in [1.165, 1.54) is 11.8 Å². The van der Waals surface area contributed by atoms with Crippen LogP contribution in [0.4, 0.5) is 0 Å². The van der Waals surface area contributed by atoms with Gasteiger partial charge in [0.1, 0.15) is 5.25 Å². The maximum atomic E-state index is 13.2. The van der Waals surface area contributed by atoms with Gasteiger partial charge in [0.05, 0.1) is 21.3 Å². The fourth-order valence-electron chi connectivity index (χ4n) is 3.67. The summed E-state index contributed by atoms with van der Waals surface area (Å²) in [5, 5.41) is 8.22. The van der Waals surface area contributed by atoms with Crippen LogP contribution in [0.25, 0.3) is 11.5 Å². The Morgan fingerprint density at radius 2 is 1.66 bits per heavy atom. The normalized spacial score (nSPS) is 14.3. The number of nitrogens with zero attached hydrogens (tertiary/aromatic N) is 3. The highest BCUT2D eigenvalue weighted by Crippen LogP contribution is 2.42. The summed E-state index contributed by atoms with van der Waals surface area (Å²) in [6.07, 6.45) is 2.06. The Labute approximate surface area is 190 Å². The SMILES string of the molecule is COc1cc(-c2nnc(S[C@@H](C(=O)N3CCCC3)c3ccccc3)o2)cc(OC)c1OC. The van der Waals surface area contributed by atoms with E-state index in [-0.39, 0.29) is 5.91 Å². The van der Waals surface area contributed by atoms with Gasteiger partial charge in [-0.2, -0.15) is 0 Å². The molecule has 9 heteroatoms. The molecule has 1 fully saturated rings. The molecular formula is C23H25N3O5S. The second-order valence-corrected chi connectivity index (χ2v) is 8.28. The number of thioether (sulfide) groups is 1. The number of hydrogen-bond acceptors (Lipinski definition) is 8. The van der Waals surface area contributed by atoms with E-state index in [1.54, 1.807) is 33.5 Å². The first-order chi connectivity index (χ1) is 15.6. The topological polar surface area (TPSA) is 86.9 Å². The Morgan fingerprint density at radius 1 is 1.00 bits per heavy atom. The van der Waals surface area contributed by atoms with Crippen molar-refractivity contribution in [2.45, 2.75) is 23.3 Å². The molecule has 1 aliphatic rings. The predicted octanol–water partition coefficient (Wildman–Crippen LogP) is 4.22. The van der Waals surface area contributed by atoms with Crippen LogP contribution >= 0.6 is 11.8 Å². The van der Waals surface area contributed by atoms with E-state index in [0.29, 0.717) is 33.9 Å². The number of benzene rings is 2. The summed E-state index contributed by atoms with van der Waals surface area (Å²) >= 11 is 1.26. The number of hydrogen-bond donors (Lipinski definition) is 0. The van der Waals surface area contributed by atoms with Gasteiger partial charge in [-0.25, -0.2) is 0 Å². The van der Waals surface area contributed by atoms with Crippen molar-refractivity contribution in [1.29, 1.82) is 0 Å². The monoisotopic (exact) mass is 455 g/mol. The summed E-state index contributed by atoms with van der Waals surface area (Å²) in [5.41, 5.74) is 1.53. The molecule has 0 radical (unpaired) electrons. The molecule has 0 aliphatic carbocycles. The van der Waals surface area contributed by atoms with Gasteiger partial charge in [0.25, 0.3) is 5.22 Å². The van der Waals surface area contributed by atoms with Crippen LogP contribution in [0, 0.1) is 0 Å². The third-order valence-electron chi connectivity index (χ3n) is 5.28. The average molecular weight is 456 g/mol. The Hall–Kier alpha value is -3.20. The van der Waals surface area contributed by atoms with Gasteiger partial charge in [0.15, 0.2) is 11.5 Å². The molecule has 1 atom stereocenters. The van der Waals surface area contributed by atoms with Crippen LogP contribution in [-0.4, -0.2) is 55.4 Å². The van der Waals surface area contributed by atoms with Crippen LogP contribution in [0.15, 0.2) is 52.1 Å². The minimum absolute atomic E-state index is 0.0613. The van der Waals surface area contributed by atoms with Crippen LogP contribution in [0.5, 0.6) is 17.2 Å². The zero-order valence-electron chi connectivity index (χ0n) is 18.2. The van der Waals surface area contributed by atoms with Gasteiger partial charge in [-0.1, -0.05) is 30.3 Å². The molecule has 8 nitrogen and oxygen atoms in total. The first-order valence-electron chi connectivity index (χ1n) is 10.3. The molecule has 2 aromatic carbocycles. The molecule has 0 bridgehead atoms. The van der Waals surface area contributed by atoms with Crippen molar-refractivity contribution >= 4 is 17.7 Å². The molecule has 1 aliphatic heterocycles. The zero-order chi connectivity index (χ0) is 22.5. The van der Waals surface area contributed by atoms with Gasteiger partial charge in [0, 0.05) is 18.7 Å². The number of carbonyl (C=O) groups excluding carboxylic acids is 1.